The summed E-state index contributed by atoms with van der Waals surface area (Å²) in [4.78, 5) is 12.3. The largest absolute Gasteiger partial charge is 0.469 e. The van der Waals surface area contributed by atoms with Gasteiger partial charge in [0.15, 0.2) is 11.0 Å². The summed E-state index contributed by atoms with van der Waals surface area (Å²) >= 11 is 1.38. The first-order valence-electron chi connectivity index (χ1n) is 7.98. The molecule has 2 aromatic heterocycles. The lowest BCUT2D eigenvalue weighted by molar-refractivity contribution is -0.120. The number of nitrogens with one attached hydrogen (secondary N) is 1. The lowest BCUT2D eigenvalue weighted by Gasteiger charge is -2.11. The number of nitrogens with zero attached hydrogens (tertiary/aromatic N) is 3. The second-order valence-corrected chi connectivity index (χ2v) is 7.03. The number of carbonyl (C=O) groups excluding carboxylic acids is 1. The van der Waals surface area contributed by atoms with Crippen LogP contribution < -0.4 is 5.32 Å². The van der Waals surface area contributed by atoms with Gasteiger partial charge in [-0.1, -0.05) is 42.1 Å². The number of aromatic nitrogens is 3. The molecule has 1 atom stereocenters. The molecule has 6 nitrogen and oxygen atoms in total. The predicted molar refractivity (Wildman–Crippen MR) is 97.0 cm³/mol. The van der Waals surface area contributed by atoms with Crippen molar-refractivity contribution in [3.8, 4) is 11.4 Å². The van der Waals surface area contributed by atoms with Crippen molar-refractivity contribution in [1.29, 1.82) is 0 Å². The molecule has 2 heterocycles. The van der Waals surface area contributed by atoms with Crippen molar-refractivity contribution in [3.05, 3.63) is 54.0 Å². The fourth-order valence-corrected chi connectivity index (χ4v) is 3.25. The maximum absolute atomic E-state index is 12.3. The van der Waals surface area contributed by atoms with Crippen LogP contribution in [0.25, 0.3) is 11.4 Å². The fraction of sp³-hybridized carbons (Fsp3) is 0.278. The Hall–Kier alpha value is -2.54. The summed E-state index contributed by atoms with van der Waals surface area (Å²) in [5.41, 5.74) is 1.98. The highest BCUT2D eigenvalue weighted by Crippen LogP contribution is 2.27. The molecule has 0 aliphatic rings. The third-order valence-corrected chi connectivity index (χ3v) is 5.03. The number of hydrogen-bond donors (Lipinski definition) is 1. The molecule has 130 valence electrons. The zero-order valence-electron chi connectivity index (χ0n) is 14.4. The smallest absolute Gasteiger partial charge is 0.233 e. The number of rotatable bonds is 6. The molecule has 3 rings (SSSR count). The molecule has 0 bridgehead atoms. The molecule has 0 aliphatic carbocycles. The second kappa shape index (κ2) is 7.57. The van der Waals surface area contributed by atoms with E-state index in [-0.39, 0.29) is 11.2 Å². The quantitative estimate of drug-likeness (QED) is 0.687. The van der Waals surface area contributed by atoms with Gasteiger partial charge in [-0.2, -0.15) is 0 Å². The molecule has 25 heavy (non-hydrogen) atoms. The van der Waals surface area contributed by atoms with Crippen LogP contribution in [0.15, 0.2) is 52.2 Å². The van der Waals surface area contributed by atoms with E-state index in [9.17, 15) is 4.79 Å². The van der Waals surface area contributed by atoms with Crippen molar-refractivity contribution >= 4 is 17.7 Å². The molecule has 0 unspecified atom stereocenters. The van der Waals surface area contributed by atoms with Crippen molar-refractivity contribution in [2.45, 2.75) is 30.8 Å². The van der Waals surface area contributed by atoms with Crippen LogP contribution in [0, 0.1) is 6.92 Å². The zero-order chi connectivity index (χ0) is 17.8. The molecule has 1 amide bonds. The van der Waals surface area contributed by atoms with E-state index in [4.69, 9.17) is 4.42 Å². The Labute approximate surface area is 150 Å². The summed E-state index contributed by atoms with van der Waals surface area (Å²) in [5.74, 6) is 1.49. The maximum Gasteiger partial charge on any atom is 0.233 e. The number of hydrogen-bond acceptors (Lipinski definition) is 5. The highest BCUT2D eigenvalue weighted by Gasteiger charge is 2.20. The third-order valence-electron chi connectivity index (χ3n) is 3.90. The summed E-state index contributed by atoms with van der Waals surface area (Å²) in [6.07, 6.45) is 1.63. The van der Waals surface area contributed by atoms with Crippen LogP contribution in [0.5, 0.6) is 0 Å². The van der Waals surface area contributed by atoms with Crippen molar-refractivity contribution in [1.82, 2.24) is 20.1 Å². The Morgan fingerprint density at radius 1 is 1.28 bits per heavy atom. The first-order chi connectivity index (χ1) is 12.1. The molecule has 0 saturated carbocycles. The summed E-state index contributed by atoms with van der Waals surface area (Å²) in [5, 5.41) is 11.8. The molecule has 3 aromatic rings. The highest BCUT2D eigenvalue weighted by molar-refractivity contribution is 8.00. The first kappa shape index (κ1) is 17.3. The average molecular weight is 356 g/mol. The summed E-state index contributed by atoms with van der Waals surface area (Å²) < 4.78 is 7.20. The second-order valence-electron chi connectivity index (χ2n) is 5.72. The number of aryl methyl sites for hydroxylation is 1. The van der Waals surface area contributed by atoms with E-state index >= 15 is 0 Å². The van der Waals surface area contributed by atoms with Gasteiger partial charge in [0.05, 0.1) is 17.1 Å². The lowest BCUT2D eigenvalue weighted by atomic mass is 10.2. The molecule has 0 saturated heterocycles. The standard InChI is InChI=1S/C18H20N4O2S/c1-12-15(9-10-24-12)16-20-21-18(22(16)3)25-13(2)17(23)19-11-14-7-5-4-6-8-14/h4-10,13H,11H2,1-3H3,(H,19,23)/t13-/m0/s1. The predicted octanol–water partition coefficient (Wildman–Crippen LogP) is 3.18. The van der Waals surface area contributed by atoms with Gasteiger partial charge in [-0.05, 0) is 25.5 Å². The van der Waals surface area contributed by atoms with Gasteiger partial charge in [0.1, 0.15) is 5.76 Å². The number of benzene rings is 1. The first-order valence-corrected chi connectivity index (χ1v) is 8.86. The summed E-state index contributed by atoms with van der Waals surface area (Å²) in [6.45, 7) is 4.27. The molecular weight excluding hydrogens is 336 g/mol. The summed E-state index contributed by atoms with van der Waals surface area (Å²) in [7, 11) is 1.89. The molecule has 0 spiro atoms. The normalized spacial score (nSPS) is 12.1. The van der Waals surface area contributed by atoms with Crippen molar-refractivity contribution in [3.63, 3.8) is 0 Å². The lowest BCUT2D eigenvalue weighted by Crippen LogP contribution is -2.30. The van der Waals surface area contributed by atoms with Gasteiger partial charge in [0.2, 0.25) is 5.91 Å². The van der Waals surface area contributed by atoms with Gasteiger partial charge in [-0.3, -0.25) is 4.79 Å². The van der Waals surface area contributed by atoms with E-state index in [0.717, 1.165) is 22.7 Å². The van der Waals surface area contributed by atoms with Crippen molar-refractivity contribution in [2.24, 2.45) is 7.05 Å². The van der Waals surface area contributed by atoms with Crippen LogP contribution >= 0.6 is 11.8 Å². The van der Waals surface area contributed by atoms with E-state index in [0.29, 0.717) is 11.7 Å². The van der Waals surface area contributed by atoms with E-state index in [1.165, 1.54) is 11.8 Å². The van der Waals surface area contributed by atoms with Gasteiger partial charge in [-0.25, -0.2) is 0 Å². The number of thioether (sulfide) groups is 1. The van der Waals surface area contributed by atoms with E-state index < -0.39 is 0 Å². The number of furan rings is 1. The average Bonchev–Trinajstić information content (AvgIpc) is 3.19. The van der Waals surface area contributed by atoms with Gasteiger partial charge in [0.25, 0.3) is 0 Å². The SMILES string of the molecule is Cc1occc1-c1nnc(S[C@@H](C)C(=O)NCc2ccccc2)n1C. The maximum atomic E-state index is 12.3. The van der Waals surface area contributed by atoms with Crippen molar-refractivity contribution < 1.29 is 9.21 Å². The van der Waals surface area contributed by atoms with Crippen LogP contribution in [0.3, 0.4) is 0 Å². The molecule has 1 N–H and O–H groups in total. The van der Waals surface area contributed by atoms with Crippen LogP contribution in [-0.4, -0.2) is 25.9 Å². The Bertz CT molecular complexity index is 857. The minimum atomic E-state index is -0.273. The molecular formula is C18H20N4O2S. The number of amides is 1. The van der Waals surface area contributed by atoms with Crippen LogP contribution in [0.4, 0.5) is 0 Å². The third kappa shape index (κ3) is 3.93. The fourth-order valence-electron chi connectivity index (χ4n) is 2.41. The molecule has 7 heteroatoms. The minimum absolute atomic E-state index is 0.0297. The molecule has 1 aromatic carbocycles. The van der Waals surface area contributed by atoms with Crippen LogP contribution in [-0.2, 0) is 18.4 Å². The van der Waals surface area contributed by atoms with E-state index in [1.54, 1.807) is 6.26 Å². The Morgan fingerprint density at radius 2 is 2.04 bits per heavy atom. The Kier molecular flexibility index (Phi) is 5.23. The van der Waals surface area contributed by atoms with Crippen LogP contribution in [0.2, 0.25) is 0 Å². The molecule has 0 fully saturated rings. The Balaban J connectivity index is 1.63. The molecule has 0 radical (unpaired) electrons. The van der Waals surface area contributed by atoms with Crippen molar-refractivity contribution in [2.75, 3.05) is 0 Å². The van der Waals surface area contributed by atoms with Crippen LogP contribution in [0.1, 0.15) is 18.2 Å². The molecule has 0 aliphatic heterocycles. The van der Waals surface area contributed by atoms with E-state index in [2.05, 4.69) is 15.5 Å². The summed E-state index contributed by atoms with van der Waals surface area (Å²) in [6, 6.07) is 11.7. The number of carbonyl (C=O) groups is 1. The van der Waals surface area contributed by atoms with Gasteiger partial charge in [0, 0.05) is 13.6 Å². The van der Waals surface area contributed by atoms with Gasteiger partial charge >= 0.3 is 0 Å². The van der Waals surface area contributed by atoms with E-state index in [1.807, 2.05) is 61.9 Å². The monoisotopic (exact) mass is 356 g/mol. The highest BCUT2D eigenvalue weighted by atomic mass is 32.2. The van der Waals surface area contributed by atoms with Gasteiger partial charge in [-0.15, -0.1) is 10.2 Å². The Morgan fingerprint density at radius 3 is 2.72 bits per heavy atom. The minimum Gasteiger partial charge on any atom is -0.469 e. The zero-order valence-corrected chi connectivity index (χ0v) is 15.2. The topological polar surface area (TPSA) is 72.9 Å². The van der Waals surface area contributed by atoms with Gasteiger partial charge < -0.3 is 14.3 Å².